The molecule has 4 rings (SSSR count). The molecule has 0 spiro atoms. The quantitative estimate of drug-likeness (QED) is 0.414. The Bertz CT molecular complexity index is 1210. The zero-order valence-electron chi connectivity index (χ0n) is 20.3. The van der Waals surface area contributed by atoms with Gasteiger partial charge in [0.2, 0.25) is 0 Å². The standard InChI is InChI=1S/C26H31AsClN5O2/c1-17-5-4-6-21(25(34)29-2)23(17)27-24-22(28)16-30-26(32-24)31-20-8-7-18-9-11-33(13-14-35-3)12-10-19(18)15-20/h4-8,15-16,27H,9-14H2,1-3H3,(H,29,34)(H,30,31,32). The second-order valence-electron chi connectivity index (χ2n) is 8.53. The summed E-state index contributed by atoms with van der Waals surface area (Å²) in [6, 6.07) is 12.3. The van der Waals surface area contributed by atoms with E-state index in [0.29, 0.717) is 16.5 Å². The summed E-state index contributed by atoms with van der Waals surface area (Å²) >= 11 is 5.54. The van der Waals surface area contributed by atoms with E-state index in [-0.39, 0.29) is 5.91 Å². The van der Waals surface area contributed by atoms with Crippen LogP contribution < -0.4 is 19.5 Å². The number of anilines is 2. The average molecular weight is 556 g/mol. The third-order valence-corrected chi connectivity index (χ3v) is 10.0. The maximum atomic E-state index is 12.4. The summed E-state index contributed by atoms with van der Waals surface area (Å²) in [5, 5.41) is 6.62. The molecule has 1 unspecified atom stereocenters. The number of fused-ring (bicyclic) bond motifs is 1. The molecule has 0 saturated heterocycles. The number of nitrogens with one attached hydrogen (secondary N) is 2. The number of benzene rings is 2. The molecule has 35 heavy (non-hydrogen) atoms. The van der Waals surface area contributed by atoms with Crippen molar-refractivity contribution in [2.75, 3.05) is 45.7 Å². The van der Waals surface area contributed by atoms with E-state index in [2.05, 4.69) is 38.7 Å². The normalized spacial score (nSPS) is 14.1. The maximum absolute atomic E-state index is 12.4. The molecule has 0 radical (unpaired) electrons. The average Bonchev–Trinajstić information content (AvgIpc) is 3.07. The Balaban J connectivity index is 1.52. The summed E-state index contributed by atoms with van der Waals surface area (Å²) in [6.45, 7) is 5.81. The number of aromatic nitrogens is 2. The van der Waals surface area contributed by atoms with Crippen LogP contribution in [0.5, 0.6) is 0 Å². The van der Waals surface area contributed by atoms with Gasteiger partial charge in [-0.2, -0.15) is 0 Å². The number of ether oxygens (including phenoxy) is 1. The van der Waals surface area contributed by atoms with E-state index in [1.54, 1.807) is 20.4 Å². The first-order valence-corrected chi connectivity index (χ1v) is 14.2. The molecule has 0 aliphatic carbocycles. The zero-order valence-corrected chi connectivity index (χ0v) is 23.2. The molecule has 0 saturated carbocycles. The monoisotopic (exact) mass is 555 g/mol. The van der Waals surface area contributed by atoms with Gasteiger partial charge in [-0.05, 0) is 0 Å². The summed E-state index contributed by atoms with van der Waals surface area (Å²) in [5.74, 6) is 0.417. The molecule has 3 aromatic rings. The number of halogens is 1. The number of rotatable bonds is 8. The number of hydrogen-bond donors (Lipinski definition) is 2. The predicted molar refractivity (Wildman–Crippen MR) is 143 cm³/mol. The Labute approximate surface area is 218 Å². The summed E-state index contributed by atoms with van der Waals surface area (Å²) in [5.41, 5.74) is 5.46. The summed E-state index contributed by atoms with van der Waals surface area (Å²) in [6.07, 6.45) is 3.68. The molecule has 7 nitrogen and oxygen atoms in total. The number of carbonyl (C=O) groups excluding carboxylic acids is 1. The molecule has 1 amide bonds. The van der Waals surface area contributed by atoms with E-state index >= 15 is 0 Å². The van der Waals surface area contributed by atoms with E-state index < -0.39 is 15.8 Å². The van der Waals surface area contributed by atoms with Crippen LogP contribution in [-0.2, 0) is 17.6 Å². The van der Waals surface area contributed by atoms with Gasteiger partial charge in [0.1, 0.15) is 0 Å². The fraction of sp³-hybridized carbons (Fsp3) is 0.346. The van der Waals surface area contributed by atoms with Crippen molar-refractivity contribution in [1.82, 2.24) is 20.2 Å². The number of nitrogens with zero attached hydrogens (tertiary/aromatic N) is 3. The Kier molecular flexibility index (Phi) is 8.79. The second-order valence-corrected chi connectivity index (χ2v) is 11.5. The molecule has 0 fully saturated rings. The predicted octanol–water partition coefficient (Wildman–Crippen LogP) is 1.98. The van der Waals surface area contributed by atoms with Gasteiger partial charge in [-0.3, -0.25) is 0 Å². The second kappa shape index (κ2) is 12.0. The van der Waals surface area contributed by atoms with Crippen LogP contribution in [-0.4, -0.2) is 76.9 Å². The Hall–Kier alpha value is -2.44. The van der Waals surface area contributed by atoms with Crippen LogP contribution in [0.15, 0.2) is 42.6 Å². The minimum absolute atomic E-state index is 0.0956. The van der Waals surface area contributed by atoms with Gasteiger partial charge >= 0.3 is 207 Å². The Morgan fingerprint density at radius 1 is 1.20 bits per heavy atom. The number of amides is 1. The zero-order chi connectivity index (χ0) is 24.8. The molecule has 2 aromatic carbocycles. The number of methoxy groups -OCH3 is 1. The SMILES string of the molecule is CNC(=O)c1cccc(C)c1[AsH]c1nc(Nc2ccc3c(c2)CCN(CCOC)CC3)ncc1Cl. The van der Waals surface area contributed by atoms with Crippen LogP contribution in [0, 0.1) is 6.92 Å². The van der Waals surface area contributed by atoms with E-state index in [4.69, 9.17) is 21.3 Å². The van der Waals surface area contributed by atoms with Crippen molar-refractivity contribution in [2.45, 2.75) is 19.8 Å². The number of aryl methyl sites for hydroxylation is 1. The topological polar surface area (TPSA) is 79.4 Å². The summed E-state index contributed by atoms with van der Waals surface area (Å²) < 4.78 is 7.07. The Morgan fingerprint density at radius 2 is 2.00 bits per heavy atom. The van der Waals surface area contributed by atoms with Crippen LogP contribution in [0.25, 0.3) is 0 Å². The van der Waals surface area contributed by atoms with Crippen LogP contribution >= 0.6 is 11.6 Å². The van der Waals surface area contributed by atoms with Crippen molar-refractivity contribution in [3.05, 3.63) is 69.9 Å². The molecule has 2 heterocycles. The Morgan fingerprint density at radius 3 is 2.77 bits per heavy atom. The molecule has 1 aliphatic heterocycles. The van der Waals surface area contributed by atoms with Crippen LogP contribution in [0.2, 0.25) is 5.02 Å². The molecular weight excluding hydrogens is 525 g/mol. The third kappa shape index (κ3) is 6.42. The summed E-state index contributed by atoms with van der Waals surface area (Å²) in [4.78, 5) is 24.0. The van der Waals surface area contributed by atoms with Gasteiger partial charge in [-0.1, -0.05) is 0 Å². The number of hydrogen-bond acceptors (Lipinski definition) is 6. The molecule has 184 valence electrons. The minimum atomic E-state index is -0.959. The van der Waals surface area contributed by atoms with Gasteiger partial charge in [0.25, 0.3) is 0 Å². The van der Waals surface area contributed by atoms with Crippen LogP contribution in [0.1, 0.15) is 27.0 Å². The first kappa shape index (κ1) is 25.6. The van der Waals surface area contributed by atoms with Crippen molar-refractivity contribution in [3.8, 4) is 0 Å². The van der Waals surface area contributed by atoms with Crippen molar-refractivity contribution in [2.24, 2.45) is 0 Å². The third-order valence-electron chi connectivity index (χ3n) is 6.20. The molecule has 9 heteroatoms. The molecule has 1 aliphatic rings. The van der Waals surface area contributed by atoms with Gasteiger partial charge in [0.15, 0.2) is 0 Å². The first-order chi connectivity index (χ1) is 17.0. The van der Waals surface area contributed by atoms with E-state index in [1.165, 1.54) is 11.1 Å². The molecular formula is C26H31AsClN5O2. The van der Waals surface area contributed by atoms with Gasteiger partial charge in [-0.25, -0.2) is 0 Å². The van der Waals surface area contributed by atoms with Crippen LogP contribution in [0.3, 0.4) is 0 Å². The van der Waals surface area contributed by atoms with E-state index in [0.717, 1.165) is 59.2 Å². The van der Waals surface area contributed by atoms with Crippen LogP contribution in [0.4, 0.5) is 11.6 Å². The molecule has 1 atom stereocenters. The van der Waals surface area contributed by atoms with Crippen molar-refractivity contribution in [3.63, 3.8) is 0 Å². The van der Waals surface area contributed by atoms with Gasteiger partial charge in [-0.15, -0.1) is 0 Å². The van der Waals surface area contributed by atoms with Crippen molar-refractivity contribution < 1.29 is 9.53 Å². The molecule has 2 N–H and O–H groups in total. The first-order valence-electron chi connectivity index (χ1n) is 11.7. The van der Waals surface area contributed by atoms with Gasteiger partial charge in [0, 0.05) is 7.11 Å². The van der Waals surface area contributed by atoms with E-state index in [1.807, 2.05) is 25.1 Å². The van der Waals surface area contributed by atoms with Gasteiger partial charge < -0.3 is 4.74 Å². The fourth-order valence-electron chi connectivity index (χ4n) is 4.21. The molecule has 1 aromatic heterocycles. The van der Waals surface area contributed by atoms with E-state index in [9.17, 15) is 4.79 Å². The van der Waals surface area contributed by atoms with Crippen molar-refractivity contribution in [1.29, 1.82) is 0 Å². The van der Waals surface area contributed by atoms with Crippen molar-refractivity contribution >= 4 is 53.7 Å². The summed E-state index contributed by atoms with van der Waals surface area (Å²) in [7, 11) is 3.39. The number of carbonyl (C=O) groups is 1. The molecule has 0 bridgehead atoms. The fourth-order valence-corrected chi connectivity index (χ4v) is 7.06. The van der Waals surface area contributed by atoms with Gasteiger partial charge in [0.05, 0.1) is 0 Å².